The van der Waals surface area contributed by atoms with Crippen molar-refractivity contribution < 1.29 is 22.8 Å². The molecule has 3 aromatic rings. The molecule has 1 aromatic heterocycles. The van der Waals surface area contributed by atoms with Crippen molar-refractivity contribution in [1.82, 2.24) is 5.32 Å². The molecule has 2 aromatic carbocycles. The minimum absolute atomic E-state index is 0.0224. The molecular formula is C25H22F3N5O2S. The molecule has 0 spiro atoms. The van der Waals surface area contributed by atoms with E-state index in [9.17, 15) is 22.8 Å². The number of hydrogen-bond acceptors (Lipinski definition) is 6. The van der Waals surface area contributed by atoms with Crippen LogP contribution in [-0.2, 0) is 6.18 Å². The largest absolute Gasteiger partial charge is 0.416 e. The zero-order chi connectivity index (χ0) is 25.4. The van der Waals surface area contributed by atoms with Crippen molar-refractivity contribution in [3.8, 4) is 0 Å². The topological polar surface area (TPSA) is 94.6 Å². The molecule has 2 heterocycles. The molecule has 7 nitrogen and oxygen atoms in total. The Balaban J connectivity index is 1.32. The van der Waals surface area contributed by atoms with E-state index in [1.807, 2.05) is 0 Å². The van der Waals surface area contributed by atoms with E-state index in [-0.39, 0.29) is 17.2 Å². The van der Waals surface area contributed by atoms with Gasteiger partial charge in [0.25, 0.3) is 11.8 Å². The summed E-state index contributed by atoms with van der Waals surface area (Å²) in [6, 6.07) is 9.57. The van der Waals surface area contributed by atoms with Crippen LogP contribution in [0.15, 0.2) is 52.8 Å². The third kappa shape index (κ3) is 5.06. The van der Waals surface area contributed by atoms with E-state index in [1.165, 1.54) is 29.5 Å². The number of amides is 2. The Bertz CT molecular complexity index is 1380. The van der Waals surface area contributed by atoms with Crippen LogP contribution < -0.4 is 21.3 Å². The van der Waals surface area contributed by atoms with Crippen molar-refractivity contribution >= 4 is 46.0 Å². The summed E-state index contributed by atoms with van der Waals surface area (Å²) in [5.41, 5.74) is 1.71. The number of carbonyl (C=O) groups excluding carboxylic acids is 2. The smallest absolute Gasteiger partial charge is 0.366 e. The number of aryl methyl sites for hydroxylation is 1. The van der Waals surface area contributed by atoms with Gasteiger partial charge in [0.2, 0.25) is 0 Å². The summed E-state index contributed by atoms with van der Waals surface area (Å²) >= 11 is 1.42. The molecule has 0 atom stereocenters. The fourth-order valence-corrected chi connectivity index (χ4v) is 4.74. The Morgan fingerprint density at radius 3 is 2.64 bits per heavy atom. The second-order valence-corrected chi connectivity index (χ2v) is 9.51. The van der Waals surface area contributed by atoms with E-state index in [1.54, 1.807) is 24.4 Å². The number of thiophene rings is 1. The second-order valence-electron chi connectivity index (χ2n) is 8.63. The van der Waals surface area contributed by atoms with Crippen molar-refractivity contribution in [1.29, 1.82) is 0 Å². The fraction of sp³-hybridized carbons (Fsp3) is 0.240. The van der Waals surface area contributed by atoms with Crippen LogP contribution in [0.1, 0.15) is 49.6 Å². The second kappa shape index (κ2) is 9.30. The summed E-state index contributed by atoms with van der Waals surface area (Å²) in [5, 5.41) is 13.7. The first kappa shape index (κ1) is 23.9. The Labute approximate surface area is 208 Å². The molecule has 4 N–H and O–H groups in total. The van der Waals surface area contributed by atoms with Crippen LogP contribution in [0.25, 0.3) is 0 Å². The maximum Gasteiger partial charge on any atom is 0.416 e. The van der Waals surface area contributed by atoms with Gasteiger partial charge in [-0.05, 0) is 55.7 Å². The van der Waals surface area contributed by atoms with E-state index < -0.39 is 17.6 Å². The highest BCUT2D eigenvalue weighted by Crippen LogP contribution is 2.33. The summed E-state index contributed by atoms with van der Waals surface area (Å²) in [7, 11) is 0. The number of anilines is 3. The van der Waals surface area contributed by atoms with Gasteiger partial charge in [-0.15, -0.1) is 11.3 Å². The maximum atomic E-state index is 13.1. The summed E-state index contributed by atoms with van der Waals surface area (Å²) < 4.78 is 38.9. The lowest BCUT2D eigenvalue weighted by Crippen LogP contribution is -2.30. The highest BCUT2D eigenvalue weighted by atomic mass is 32.1. The summed E-state index contributed by atoms with van der Waals surface area (Å²) in [6.07, 6.45) is -2.30. The lowest BCUT2D eigenvalue weighted by molar-refractivity contribution is -0.137. The van der Waals surface area contributed by atoms with Crippen LogP contribution in [0.3, 0.4) is 0 Å². The molecule has 186 valence electrons. The minimum Gasteiger partial charge on any atom is -0.366 e. The molecule has 36 heavy (non-hydrogen) atoms. The van der Waals surface area contributed by atoms with E-state index in [0.29, 0.717) is 29.6 Å². The Kier molecular flexibility index (Phi) is 6.17. The summed E-state index contributed by atoms with van der Waals surface area (Å²) in [5.74, 6) is -0.141. The highest BCUT2D eigenvalue weighted by Gasteiger charge is 2.31. The van der Waals surface area contributed by atoms with Crippen LogP contribution in [-0.4, -0.2) is 30.4 Å². The van der Waals surface area contributed by atoms with E-state index in [2.05, 4.69) is 26.3 Å². The molecular weight excluding hydrogens is 491 g/mol. The number of carbonyl (C=O) groups is 2. The number of hydrogen-bond donors (Lipinski definition) is 4. The molecule has 0 saturated heterocycles. The van der Waals surface area contributed by atoms with E-state index in [4.69, 9.17) is 0 Å². The van der Waals surface area contributed by atoms with Crippen molar-refractivity contribution in [2.24, 2.45) is 4.99 Å². The monoisotopic (exact) mass is 513 g/mol. The quantitative estimate of drug-likeness (QED) is 0.364. The van der Waals surface area contributed by atoms with E-state index in [0.717, 1.165) is 41.3 Å². The van der Waals surface area contributed by atoms with Gasteiger partial charge in [-0.3, -0.25) is 9.59 Å². The number of nitrogens with zero attached hydrogens (tertiary/aromatic N) is 1. The predicted molar refractivity (Wildman–Crippen MR) is 134 cm³/mol. The van der Waals surface area contributed by atoms with Gasteiger partial charge in [-0.25, -0.2) is 4.99 Å². The Morgan fingerprint density at radius 2 is 1.89 bits per heavy atom. The molecule has 2 aliphatic rings. The van der Waals surface area contributed by atoms with Crippen LogP contribution in [0.4, 0.5) is 30.2 Å². The van der Waals surface area contributed by atoms with Crippen LogP contribution in [0.5, 0.6) is 0 Å². The molecule has 5 rings (SSSR count). The number of nitrogens with one attached hydrogen (secondary N) is 4. The molecule has 1 fully saturated rings. The van der Waals surface area contributed by atoms with Gasteiger partial charge in [-0.1, -0.05) is 12.1 Å². The minimum atomic E-state index is -4.52. The highest BCUT2D eigenvalue weighted by molar-refractivity contribution is 7.13. The number of amidine groups is 1. The number of fused-ring (bicyclic) bond motifs is 1. The first-order valence-corrected chi connectivity index (χ1v) is 12.1. The van der Waals surface area contributed by atoms with Crippen molar-refractivity contribution in [2.45, 2.75) is 32.0 Å². The standard InChI is InChI=1S/C25H22F3N5O2S/c1-13-5-6-14(23(34)32-17-4-2-3-15(10-17)25(26,27)28)9-19(13)33-24(35)18-11-36-21-20(18)29-12-30-22(21)31-16-7-8-16/h2-6,9-11,16,29H,7-8,12H2,1H3,(H,30,31)(H,32,34)(H,33,35). The van der Waals surface area contributed by atoms with E-state index >= 15 is 0 Å². The van der Waals surface area contributed by atoms with Crippen LogP contribution >= 0.6 is 11.3 Å². The number of aliphatic imine (C=N–C) groups is 1. The zero-order valence-corrected chi connectivity index (χ0v) is 19.9. The van der Waals surface area contributed by atoms with Gasteiger partial charge in [0.05, 0.1) is 21.7 Å². The van der Waals surface area contributed by atoms with Gasteiger partial charge in [0.1, 0.15) is 12.5 Å². The predicted octanol–water partition coefficient (Wildman–Crippen LogP) is 5.46. The normalized spacial score (nSPS) is 14.8. The molecule has 0 bridgehead atoms. The SMILES string of the molecule is Cc1ccc(C(=O)Nc2cccc(C(F)(F)F)c2)cc1NC(=O)c1csc2c1NCN=C2NC1CC1. The summed E-state index contributed by atoms with van der Waals surface area (Å²) in [4.78, 5) is 31.2. The third-order valence-corrected chi connectivity index (χ3v) is 6.84. The number of alkyl halides is 3. The van der Waals surface area contributed by atoms with Gasteiger partial charge in [0, 0.05) is 28.4 Å². The average molecular weight is 514 g/mol. The molecule has 11 heteroatoms. The number of rotatable bonds is 5. The van der Waals surface area contributed by atoms with Gasteiger partial charge < -0.3 is 21.3 Å². The van der Waals surface area contributed by atoms with Gasteiger partial charge in [-0.2, -0.15) is 13.2 Å². The fourth-order valence-electron chi connectivity index (χ4n) is 3.74. The molecule has 1 aliphatic carbocycles. The first-order valence-electron chi connectivity index (χ1n) is 11.3. The van der Waals surface area contributed by atoms with Crippen LogP contribution in [0.2, 0.25) is 0 Å². The van der Waals surface area contributed by atoms with Crippen molar-refractivity contribution in [3.63, 3.8) is 0 Å². The van der Waals surface area contributed by atoms with Crippen LogP contribution in [0, 0.1) is 6.92 Å². The number of halogens is 3. The maximum absolute atomic E-state index is 13.1. The Morgan fingerprint density at radius 1 is 1.08 bits per heavy atom. The summed E-state index contributed by atoms with van der Waals surface area (Å²) in [6.45, 7) is 2.15. The molecule has 0 radical (unpaired) electrons. The molecule has 1 saturated carbocycles. The van der Waals surface area contributed by atoms with Crippen molar-refractivity contribution in [2.75, 3.05) is 22.6 Å². The molecule has 2 amide bonds. The number of benzene rings is 2. The van der Waals surface area contributed by atoms with Gasteiger partial charge in [0.15, 0.2) is 0 Å². The first-order chi connectivity index (χ1) is 17.2. The zero-order valence-electron chi connectivity index (χ0n) is 19.1. The lowest BCUT2D eigenvalue weighted by Gasteiger charge is -2.17. The molecule has 1 aliphatic heterocycles. The third-order valence-electron chi connectivity index (χ3n) is 5.86. The average Bonchev–Trinajstić information content (AvgIpc) is 3.54. The Hall–Kier alpha value is -3.86. The molecule has 0 unspecified atom stereocenters. The lowest BCUT2D eigenvalue weighted by atomic mass is 10.1. The van der Waals surface area contributed by atoms with Gasteiger partial charge >= 0.3 is 6.18 Å². The van der Waals surface area contributed by atoms with Crippen molar-refractivity contribution in [3.05, 3.63) is 75.0 Å².